The Labute approximate surface area is 77.2 Å². The van der Waals surface area contributed by atoms with Gasteiger partial charge in [0.05, 0.1) is 24.7 Å². The summed E-state index contributed by atoms with van der Waals surface area (Å²) in [6.07, 6.45) is 2.52. The van der Waals surface area contributed by atoms with Crippen molar-refractivity contribution in [3.63, 3.8) is 0 Å². The zero-order chi connectivity index (χ0) is 9.47. The maximum absolute atomic E-state index is 11.4. The van der Waals surface area contributed by atoms with Crippen LogP contribution < -0.4 is 0 Å². The lowest BCUT2D eigenvalue weighted by Gasteiger charge is -2.47. The third-order valence-electron chi connectivity index (χ3n) is 3.26. The average molecular weight is 185 g/mol. The lowest BCUT2D eigenvalue weighted by atomic mass is 9.76. The van der Waals surface area contributed by atoms with E-state index in [1.165, 1.54) is 0 Å². The molecule has 1 aliphatic carbocycles. The highest BCUT2D eigenvalue weighted by Gasteiger charge is 2.47. The third-order valence-corrected chi connectivity index (χ3v) is 3.26. The topological polar surface area (TPSA) is 60.8 Å². The van der Waals surface area contributed by atoms with Crippen molar-refractivity contribution in [2.24, 2.45) is 0 Å². The predicted molar refractivity (Wildman–Crippen MR) is 46.0 cm³/mol. The van der Waals surface area contributed by atoms with E-state index in [2.05, 4.69) is 0 Å². The number of carbonyl (C=O) groups is 1. The van der Waals surface area contributed by atoms with Crippen LogP contribution in [-0.2, 0) is 4.79 Å². The third kappa shape index (κ3) is 1.25. The van der Waals surface area contributed by atoms with Gasteiger partial charge in [0.25, 0.3) is 0 Å². The highest BCUT2D eigenvalue weighted by atomic mass is 16.3. The molecule has 1 amide bonds. The quantitative estimate of drug-likeness (QED) is 0.609. The molecule has 1 saturated carbocycles. The number of rotatable bonds is 2. The fourth-order valence-electron chi connectivity index (χ4n) is 2.25. The van der Waals surface area contributed by atoms with Crippen molar-refractivity contribution < 1.29 is 15.0 Å². The van der Waals surface area contributed by atoms with E-state index in [-0.39, 0.29) is 24.5 Å². The second-order valence-electron chi connectivity index (χ2n) is 4.10. The van der Waals surface area contributed by atoms with Gasteiger partial charge in [0.2, 0.25) is 5.91 Å². The molecule has 1 aliphatic heterocycles. The van der Waals surface area contributed by atoms with Crippen molar-refractivity contribution in [3.05, 3.63) is 0 Å². The van der Waals surface area contributed by atoms with Crippen LogP contribution in [0.1, 0.15) is 25.7 Å². The van der Waals surface area contributed by atoms with Crippen LogP contribution in [0.15, 0.2) is 0 Å². The molecule has 0 bridgehead atoms. The Kier molecular flexibility index (Phi) is 2.04. The van der Waals surface area contributed by atoms with Crippen molar-refractivity contribution in [2.75, 3.05) is 13.2 Å². The SMILES string of the molecule is O=C1CC(O)CN1C1(CO)CCC1. The Morgan fingerprint density at radius 3 is 2.54 bits per heavy atom. The molecular weight excluding hydrogens is 170 g/mol. The summed E-state index contributed by atoms with van der Waals surface area (Å²) >= 11 is 0. The molecule has 0 spiro atoms. The Balaban J connectivity index is 2.11. The maximum atomic E-state index is 11.4. The molecule has 2 rings (SSSR count). The van der Waals surface area contributed by atoms with Crippen LogP contribution in [0.4, 0.5) is 0 Å². The molecule has 0 aromatic carbocycles. The molecule has 0 aromatic rings. The van der Waals surface area contributed by atoms with E-state index in [4.69, 9.17) is 0 Å². The van der Waals surface area contributed by atoms with E-state index in [0.717, 1.165) is 19.3 Å². The van der Waals surface area contributed by atoms with Gasteiger partial charge in [-0.05, 0) is 19.3 Å². The first-order chi connectivity index (χ1) is 6.18. The fourth-order valence-corrected chi connectivity index (χ4v) is 2.25. The van der Waals surface area contributed by atoms with E-state index >= 15 is 0 Å². The summed E-state index contributed by atoms with van der Waals surface area (Å²) < 4.78 is 0. The minimum absolute atomic E-state index is 0.0127. The van der Waals surface area contributed by atoms with Gasteiger partial charge in [0, 0.05) is 6.54 Å². The van der Waals surface area contributed by atoms with Gasteiger partial charge in [-0.3, -0.25) is 4.79 Å². The van der Waals surface area contributed by atoms with E-state index in [1.807, 2.05) is 0 Å². The first-order valence-electron chi connectivity index (χ1n) is 4.77. The number of likely N-dealkylation sites (tertiary alicyclic amines) is 1. The van der Waals surface area contributed by atoms with Crippen LogP contribution in [0.25, 0.3) is 0 Å². The lowest BCUT2D eigenvalue weighted by molar-refractivity contribution is -0.139. The zero-order valence-corrected chi connectivity index (χ0v) is 7.57. The Hall–Kier alpha value is -0.610. The van der Waals surface area contributed by atoms with E-state index < -0.39 is 6.10 Å². The van der Waals surface area contributed by atoms with Gasteiger partial charge in [-0.25, -0.2) is 0 Å². The van der Waals surface area contributed by atoms with E-state index in [1.54, 1.807) is 4.90 Å². The Morgan fingerprint density at radius 1 is 1.54 bits per heavy atom. The average Bonchev–Trinajstić information content (AvgIpc) is 2.30. The summed E-state index contributed by atoms with van der Waals surface area (Å²) in [7, 11) is 0. The summed E-state index contributed by atoms with van der Waals surface area (Å²) in [5.74, 6) is -0.0127. The van der Waals surface area contributed by atoms with Gasteiger partial charge < -0.3 is 15.1 Å². The first kappa shape index (κ1) is 8.97. The molecule has 2 fully saturated rings. The molecular formula is C9H15NO3. The number of β-amino-alcohol motifs (C(OH)–C–C–N with tert-alkyl or cyclic N) is 1. The molecule has 4 heteroatoms. The maximum Gasteiger partial charge on any atom is 0.225 e. The molecule has 0 aromatic heterocycles. The van der Waals surface area contributed by atoms with Crippen molar-refractivity contribution in [3.8, 4) is 0 Å². The Morgan fingerprint density at radius 2 is 2.23 bits per heavy atom. The monoisotopic (exact) mass is 185 g/mol. The number of amides is 1. The summed E-state index contributed by atoms with van der Waals surface area (Å²) in [6, 6.07) is 0. The largest absolute Gasteiger partial charge is 0.394 e. The number of carbonyl (C=O) groups excluding carboxylic acids is 1. The molecule has 1 atom stereocenters. The standard InChI is InChI=1S/C9H15NO3/c11-6-9(2-1-3-9)10-5-7(12)4-8(10)13/h7,11-12H,1-6H2. The normalized spacial score (nSPS) is 32.0. The highest BCUT2D eigenvalue weighted by molar-refractivity contribution is 5.80. The number of nitrogens with zero attached hydrogens (tertiary/aromatic N) is 1. The van der Waals surface area contributed by atoms with Crippen LogP contribution in [0, 0.1) is 0 Å². The molecule has 2 aliphatic rings. The minimum atomic E-state index is -0.531. The van der Waals surface area contributed by atoms with Gasteiger partial charge in [0.1, 0.15) is 0 Å². The zero-order valence-electron chi connectivity index (χ0n) is 7.57. The van der Waals surface area contributed by atoms with Gasteiger partial charge in [-0.15, -0.1) is 0 Å². The molecule has 13 heavy (non-hydrogen) atoms. The van der Waals surface area contributed by atoms with Crippen molar-refractivity contribution >= 4 is 5.91 Å². The molecule has 0 radical (unpaired) electrons. The van der Waals surface area contributed by atoms with Gasteiger partial charge in [-0.1, -0.05) is 0 Å². The summed E-state index contributed by atoms with van der Waals surface area (Å²) in [4.78, 5) is 13.1. The summed E-state index contributed by atoms with van der Waals surface area (Å²) in [6.45, 7) is 0.435. The van der Waals surface area contributed by atoms with Gasteiger partial charge >= 0.3 is 0 Å². The van der Waals surface area contributed by atoms with Crippen LogP contribution in [-0.4, -0.2) is 45.8 Å². The number of hydrogen-bond acceptors (Lipinski definition) is 3. The number of aliphatic hydroxyl groups excluding tert-OH is 2. The summed E-state index contributed by atoms with van der Waals surface area (Å²) in [5.41, 5.74) is -0.325. The number of hydrogen-bond donors (Lipinski definition) is 2. The molecule has 1 unspecified atom stereocenters. The summed E-state index contributed by atoms with van der Waals surface area (Å²) in [5, 5.41) is 18.5. The second-order valence-corrected chi connectivity index (χ2v) is 4.10. The van der Waals surface area contributed by atoms with Crippen LogP contribution >= 0.6 is 0 Å². The molecule has 74 valence electrons. The second kappa shape index (κ2) is 2.96. The highest BCUT2D eigenvalue weighted by Crippen LogP contribution is 2.39. The van der Waals surface area contributed by atoms with Crippen LogP contribution in [0.3, 0.4) is 0 Å². The first-order valence-corrected chi connectivity index (χ1v) is 4.77. The molecule has 2 N–H and O–H groups in total. The molecule has 1 saturated heterocycles. The fraction of sp³-hybridized carbons (Fsp3) is 0.889. The van der Waals surface area contributed by atoms with E-state index in [9.17, 15) is 15.0 Å². The van der Waals surface area contributed by atoms with Crippen LogP contribution in [0.2, 0.25) is 0 Å². The smallest absolute Gasteiger partial charge is 0.225 e. The molecule has 1 heterocycles. The predicted octanol–water partition coefficient (Wildman–Crippen LogP) is -0.505. The van der Waals surface area contributed by atoms with Crippen molar-refractivity contribution in [2.45, 2.75) is 37.3 Å². The molecule has 4 nitrogen and oxygen atoms in total. The number of aliphatic hydroxyl groups is 2. The van der Waals surface area contributed by atoms with Crippen LogP contribution in [0.5, 0.6) is 0 Å². The van der Waals surface area contributed by atoms with Gasteiger partial charge in [0.15, 0.2) is 0 Å². The van der Waals surface area contributed by atoms with Gasteiger partial charge in [-0.2, -0.15) is 0 Å². The lowest BCUT2D eigenvalue weighted by Crippen LogP contribution is -2.57. The Bertz CT molecular complexity index is 219. The van der Waals surface area contributed by atoms with Crippen molar-refractivity contribution in [1.29, 1.82) is 0 Å². The minimum Gasteiger partial charge on any atom is -0.394 e. The van der Waals surface area contributed by atoms with Crippen molar-refractivity contribution in [1.82, 2.24) is 4.90 Å². The van der Waals surface area contributed by atoms with E-state index in [0.29, 0.717) is 6.54 Å².